The average molecular weight is 222 g/mol. The van der Waals surface area contributed by atoms with E-state index in [2.05, 4.69) is 15.5 Å². The van der Waals surface area contributed by atoms with Crippen LogP contribution in [0.1, 0.15) is 0 Å². The van der Waals surface area contributed by atoms with Gasteiger partial charge in [-0.15, -0.1) is 0 Å². The van der Waals surface area contributed by atoms with Gasteiger partial charge < -0.3 is 0 Å². The van der Waals surface area contributed by atoms with Crippen molar-refractivity contribution in [2.45, 2.75) is 0 Å². The normalized spacial score (nSPS) is 1.00. The second kappa shape index (κ2) is 20.0. The van der Waals surface area contributed by atoms with Gasteiger partial charge in [0.2, 0.25) is 0 Å². The predicted octanol–water partition coefficient (Wildman–Crippen LogP) is -0.764. The largest absolute Gasteiger partial charge is 0 e. The summed E-state index contributed by atoms with van der Waals surface area (Å²) in [5, 5.41) is 0. The molecule has 0 aromatic rings. The van der Waals surface area contributed by atoms with Crippen LogP contribution in [-0.4, -0.2) is 15.5 Å². The first-order valence-corrected chi connectivity index (χ1v) is 0.333. The van der Waals surface area contributed by atoms with Crippen molar-refractivity contribution in [3.63, 3.8) is 0 Å². The first kappa shape index (κ1) is 16.7. The molecule has 0 N–H and O–H groups in total. The van der Waals surface area contributed by atoms with Crippen LogP contribution in [0.2, 0.25) is 0 Å². The molecular weight excluding hydrogens is 222 g/mol. The van der Waals surface area contributed by atoms with Gasteiger partial charge in [-0.25, -0.2) is 0 Å². The van der Waals surface area contributed by atoms with Gasteiger partial charge in [-0.2, -0.15) is 0 Å². The Morgan fingerprint density at radius 2 is 1.00 bits per heavy atom. The summed E-state index contributed by atoms with van der Waals surface area (Å²) in [5.41, 5.74) is 0. The molecule has 0 saturated carbocycles. The fourth-order valence-electron chi connectivity index (χ4n) is 0. The molecule has 0 saturated heterocycles. The average Bonchev–Trinajstić information content (AvgIpc) is 1.00. The smallest absolute Gasteiger partial charge is 0 e. The van der Waals surface area contributed by atoms with Gasteiger partial charge in [0.25, 0.3) is 0 Å². The Labute approximate surface area is 72.3 Å². The molecule has 0 aromatic carbocycles. The van der Waals surface area contributed by atoms with Gasteiger partial charge in [-0.1, -0.05) is 0 Å². The monoisotopic (exact) mass is 220 g/mol. The van der Waals surface area contributed by atoms with Crippen LogP contribution in [0.5, 0.6) is 0 Å². The molecule has 0 bridgehead atoms. The van der Waals surface area contributed by atoms with E-state index in [1.165, 1.54) is 0 Å². The molecule has 4 heteroatoms. The Bertz CT molecular complexity index is 6.00. The summed E-state index contributed by atoms with van der Waals surface area (Å²) in [6, 6.07) is 0. The molecule has 0 fully saturated rings. The summed E-state index contributed by atoms with van der Waals surface area (Å²) in [6.07, 6.45) is 0. The molecule has 0 heterocycles. The van der Waals surface area contributed by atoms with Gasteiger partial charge in [0.1, 0.15) is 0 Å². The minimum absolute atomic E-state index is 0. The van der Waals surface area contributed by atoms with Crippen LogP contribution in [0.15, 0.2) is 0 Å². The van der Waals surface area contributed by atoms with Crippen molar-refractivity contribution in [2.24, 2.45) is 0 Å². The van der Waals surface area contributed by atoms with Gasteiger partial charge >= 0.3 is 0 Å². The fourth-order valence-corrected chi connectivity index (χ4v) is 0. The summed E-state index contributed by atoms with van der Waals surface area (Å²) >= 11 is 0. The van der Waals surface area contributed by atoms with Crippen molar-refractivity contribution >= 4 is 15.5 Å². The molecule has 0 rings (SSSR count). The summed E-state index contributed by atoms with van der Waals surface area (Å²) in [6.45, 7) is 0. The van der Waals surface area contributed by atoms with Gasteiger partial charge in [-0.3, -0.25) is 0 Å². The van der Waals surface area contributed by atoms with Crippen molar-refractivity contribution in [3.8, 4) is 0 Å². The number of hydrogen-bond acceptors (Lipinski definition) is 0. The van der Waals surface area contributed by atoms with E-state index in [4.69, 9.17) is 0 Å². The molecule has 0 aliphatic carbocycles. The topological polar surface area (TPSA) is 0 Å². The van der Waals surface area contributed by atoms with E-state index in [1.807, 2.05) is 0 Å². The van der Waals surface area contributed by atoms with E-state index >= 15 is 0 Å². The molecule has 4 heavy (non-hydrogen) atoms. The van der Waals surface area contributed by atoms with Gasteiger partial charge in [0, 0.05) is 73.4 Å². The van der Waals surface area contributed by atoms with E-state index < -0.39 is 0 Å². The van der Waals surface area contributed by atoms with E-state index in [0.717, 1.165) is 0 Å². The third-order valence-corrected chi connectivity index (χ3v) is 0. The van der Waals surface area contributed by atoms with E-state index in [1.54, 1.807) is 0 Å². The second-order valence-corrected chi connectivity index (χ2v) is 0. The van der Waals surface area contributed by atoms with E-state index in [9.17, 15) is 0 Å². The zero-order valence-corrected chi connectivity index (χ0v) is 6.32. The maximum absolute atomic E-state index is 4.00. The van der Waals surface area contributed by atoms with Crippen molar-refractivity contribution in [1.29, 1.82) is 0 Å². The van der Waals surface area contributed by atoms with Crippen molar-refractivity contribution in [3.05, 3.63) is 0 Å². The molecule has 0 unspecified atom stereocenters. The van der Waals surface area contributed by atoms with Crippen LogP contribution < -0.4 is 0 Å². The van der Waals surface area contributed by atoms with Crippen LogP contribution in [0.4, 0.5) is 0 Å². The number of rotatable bonds is 0. The second-order valence-electron chi connectivity index (χ2n) is 0. The Balaban J connectivity index is -0.00000000500. The minimum Gasteiger partial charge on any atom is 0 e. The molecule has 0 spiro atoms. The quantitative estimate of drug-likeness (QED) is 0.472. The Hall–Kier alpha value is 2.00. The molecule has 0 aromatic heterocycles. The molecule has 0 aliphatic heterocycles. The molecule has 4 radical (unpaired) electrons. The van der Waals surface area contributed by atoms with E-state index in [-0.39, 0.29) is 57.9 Å². The standard InChI is InChI=1S/B2.Fe.Nd/c1-2;;. The third kappa shape index (κ3) is 9.00. The summed E-state index contributed by atoms with van der Waals surface area (Å²) < 4.78 is 0. The van der Waals surface area contributed by atoms with Crippen LogP contribution >= 0.6 is 0 Å². The van der Waals surface area contributed by atoms with Crippen LogP contribution in [0, 0.1) is 40.8 Å². The van der Waals surface area contributed by atoms with Gasteiger partial charge in [0.15, 0.2) is 0 Å². The molecule has 18 valence electrons. The van der Waals surface area contributed by atoms with Crippen LogP contribution in [0.3, 0.4) is 0 Å². The maximum Gasteiger partial charge on any atom is 0 e. The molecule has 0 nitrogen and oxygen atoms in total. The van der Waals surface area contributed by atoms with Gasteiger partial charge in [-0.05, 0) is 0 Å². The Morgan fingerprint density at radius 1 is 1.00 bits per heavy atom. The first-order chi connectivity index (χ1) is 1.00. The first-order valence-electron chi connectivity index (χ1n) is 0.333. The summed E-state index contributed by atoms with van der Waals surface area (Å²) in [5.74, 6) is 0. The molecular formula is B2FeNd. The van der Waals surface area contributed by atoms with Crippen molar-refractivity contribution in [2.75, 3.05) is 0 Å². The van der Waals surface area contributed by atoms with Crippen molar-refractivity contribution < 1.29 is 57.9 Å². The molecule has 0 atom stereocenters. The fraction of sp³-hybridized carbons (Fsp3) is 0. The SMILES string of the molecule is [B][B].[Fe].[Nd]. The maximum atomic E-state index is 4.00. The van der Waals surface area contributed by atoms with Crippen LogP contribution in [-0.2, 0) is 17.1 Å². The predicted molar refractivity (Wildman–Crippen MR) is 11.5 cm³/mol. The number of hydrogen-bond donors (Lipinski definition) is 0. The van der Waals surface area contributed by atoms with Gasteiger partial charge in [0.05, 0.1) is 0 Å². The van der Waals surface area contributed by atoms with E-state index in [0.29, 0.717) is 0 Å². The summed E-state index contributed by atoms with van der Waals surface area (Å²) in [7, 11) is 8.00. The molecule has 0 amide bonds. The summed E-state index contributed by atoms with van der Waals surface area (Å²) in [4.78, 5) is 0. The zero-order valence-electron chi connectivity index (χ0n) is 2.01. The van der Waals surface area contributed by atoms with Crippen molar-refractivity contribution in [1.82, 2.24) is 0 Å². The Kier molecular flexibility index (Phi) is 83.3. The Morgan fingerprint density at radius 3 is 1.00 bits per heavy atom. The minimum atomic E-state index is 0. The zero-order chi connectivity index (χ0) is 2.00. The molecule has 0 aliphatic rings. The van der Waals surface area contributed by atoms with Crippen LogP contribution in [0.25, 0.3) is 0 Å². The third-order valence-electron chi connectivity index (χ3n) is 0.